The zero-order valence-corrected chi connectivity index (χ0v) is 13.1. The molecular weight excluding hydrogens is 268 g/mol. The van der Waals surface area contributed by atoms with Crippen molar-refractivity contribution in [2.45, 2.75) is 31.3 Å². The fraction of sp³-hybridized carbons (Fsp3) is 0.400. The van der Waals surface area contributed by atoms with E-state index in [1.54, 1.807) is 5.56 Å². The lowest BCUT2D eigenvalue weighted by Crippen LogP contribution is -2.50. The molecule has 2 aliphatic heterocycles. The highest BCUT2D eigenvalue weighted by molar-refractivity contribution is 5.37. The minimum Gasteiger partial charge on any atom is -0.312 e. The Morgan fingerprint density at radius 3 is 2.45 bits per heavy atom. The van der Waals surface area contributed by atoms with Gasteiger partial charge in [-0.15, -0.1) is 0 Å². The molecule has 2 nitrogen and oxygen atoms in total. The van der Waals surface area contributed by atoms with Gasteiger partial charge in [0.2, 0.25) is 0 Å². The van der Waals surface area contributed by atoms with Crippen LogP contribution < -0.4 is 5.32 Å². The van der Waals surface area contributed by atoms with E-state index in [1.807, 2.05) is 0 Å². The fourth-order valence-electron chi connectivity index (χ4n) is 4.15. The van der Waals surface area contributed by atoms with E-state index >= 15 is 0 Å². The summed E-state index contributed by atoms with van der Waals surface area (Å²) in [5, 5.41) is 3.65. The van der Waals surface area contributed by atoms with Crippen LogP contribution in [0.1, 0.15) is 29.5 Å². The van der Waals surface area contributed by atoms with Gasteiger partial charge in [0.15, 0.2) is 0 Å². The zero-order chi connectivity index (χ0) is 14.8. The molecule has 0 saturated carbocycles. The first-order chi connectivity index (χ1) is 10.9. The van der Waals surface area contributed by atoms with Crippen LogP contribution in [0.3, 0.4) is 0 Å². The van der Waals surface area contributed by atoms with Crippen molar-refractivity contribution in [3.05, 3.63) is 71.3 Å². The number of hydrogen-bond donors (Lipinski definition) is 1. The Kier molecular flexibility index (Phi) is 3.73. The van der Waals surface area contributed by atoms with Gasteiger partial charge in [-0.1, -0.05) is 54.6 Å². The maximum atomic E-state index is 3.65. The Bertz CT molecular complexity index is 627. The summed E-state index contributed by atoms with van der Waals surface area (Å²) < 4.78 is 0. The predicted octanol–water partition coefficient (Wildman–Crippen LogP) is 3.32. The van der Waals surface area contributed by atoms with Gasteiger partial charge in [0.25, 0.3) is 0 Å². The summed E-state index contributed by atoms with van der Waals surface area (Å²) in [5.74, 6) is 0. The van der Waals surface area contributed by atoms with E-state index in [2.05, 4.69) is 64.8 Å². The molecule has 22 heavy (non-hydrogen) atoms. The normalized spacial score (nSPS) is 20.7. The summed E-state index contributed by atoms with van der Waals surface area (Å²) in [5.41, 5.74) is 4.90. The molecule has 0 unspecified atom stereocenters. The number of nitrogens with one attached hydrogen (secondary N) is 1. The Labute approximate surface area is 133 Å². The van der Waals surface area contributed by atoms with Crippen molar-refractivity contribution in [2.24, 2.45) is 0 Å². The molecule has 4 rings (SSSR count). The molecule has 114 valence electrons. The SMILES string of the molecule is c1ccc(CN2CCC3(CC2)CNCc2ccccc23)cc1. The number of piperidine rings is 1. The highest BCUT2D eigenvalue weighted by Crippen LogP contribution is 2.39. The second kappa shape index (κ2) is 5.86. The minimum absolute atomic E-state index is 0.363. The Morgan fingerprint density at radius 1 is 0.909 bits per heavy atom. The van der Waals surface area contributed by atoms with Crippen LogP contribution in [0, 0.1) is 0 Å². The molecule has 0 aliphatic carbocycles. The van der Waals surface area contributed by atoms with Gasteiger partial charge in [-0.2, -0.15) is 0 Å². The molecule has 0 radical (unpaired) electrons. The lowest BCUT2D eigenvalue weighted by atomic mass is 9.69. The van der Waals surface area contributed by atoms with Gasteiger partial charge >= 0.3 is 0 Å². The van der Waals surface area contributed by atoms with Crippen LogP contribution in [0.25, 0.3) is 0 Å². The molecule has 2 aromatic carbocycles. The van der Waals surface area contributed by atoms with Crippen LogP contribution in [-0.2, 0) is 18.5 Å². The van der Waals surface area contributed by atoms with Gasteiger partial charge in [-0.3, -0.25) is 4.90 Å². The number of nitrogens with zero attached hydrogens (tertiary/aromatic N) is 1. The second-order valence-electron chi connectivity index (χ2n) is 6.80. The standard InChI is InChI=1S/C20H24N2/c1-2-6-17(7-3-1)15-22-12-10-20(11-13-22)16-21-14-18-8-4-5-9-19(18)20/h1-9,21H,10-16H2. The molecule has 0 aromatic heterocycles. The molecule has 0 amide bonds. The van der Waals surface area contributed by atoms with Crippen LogP contribution in [0.4, 0.5) is 0 Å². The number of rotatable bonds is 2. The van der Waals surface area contributed by atoms with E-state index in [4.69, 9.17) is 0 Å². The van der Waals surface area contributed by atoms with Crippen LogP contribution in [0.5, 0.6) is 0 Å². The molecule has 2 heterocycles. The van der Waals surface area contributed by atoms with Gasteiger partial charge in [0, 0.05) is 25.0 Å². The first-order valence-electron chi connectivity index (χ1n) is 8.41. The zero-order valence-electron chi connectivity index (χ0n) is 13.1. The average Bonchev–Trinajstić information content (AvgIpc) is 2.59. The third-order valence-electron chi connectivity index (χ3n) is 5.43. The number of likely N-dealkylation sites (tertiary alicyclic amines) is 1. The Hall–Kier alpha value is -1.64. The van der Waals surface area contributed by atoms with Crippen molar-refractivity contribution in [2.75, 3.05) is 19.6 Å². The number of hydrogen-bond acceptors (Lipinski definition) is 2. The first kappa shape index (κ1) is 14.0. The van der Waals surface area contributed by atoms with Gasteiger partial charge in [-0.25, -0.2) is 0 Å². The van der Waals surface area contributed by atoms with E-state index in [0.717, 1.165) is 19.6 Å². The highest BCUT2D eigenvalue weighted by atomic mass is 15.1. The van der Waals surface area contributed by atoms with Crippen molar-refractivity contribution in [1.29, 1.82) is 0 Å². The van der Waals surface area contributed by atoms with Crippen LogP contribution in [0.15, 0.2) is 54.6 Å². The molecule has 0 bridgehead atoms. The third-order valence-corrected chi connectivity index (χ3v) is 5.43. The lowest BCUT2D eigenvalue weighted by Gasteiger charge is -2.45. The fourth-order valence-corrected chi connectivity index (χ4v) is 4.15. The second-order valence-corrected chi connectivity index (χ2v) is 6.80. The topological polar surface area (TPSA) is 15.3 Å². The van der Waals surface area contributed by atoms with Gasteiger partial charge in [0.05, 0.1) is 0 Å². The quantitative estimate of drug-likeness (QED) is 0.913. The summed E-state index contributed by atoms with van der Waals surface area (Å²) in [7, 11) is 0. The lowest BCUT2D eigenvalue weighted by molar-refractivity contribution is 0.144. The molecule has 1 saturated heterocycles. The Balaban J connectivity index is 1.48. The van der Waals surface area contributed by atoms with Gasteiger partial charge in [0.1, 0.15) is 0 Å². The van der Waals surface area contributed by atoms with Gasteiger partial charge < -0.3 is 5.32 Å². The Morgan fingerprint density at radius 2 is 1.64 bits per heavy atom. The van der Waals surface area contributed by atoms with Crippen molar-refractivity contribution in [3.63, 3.8) is 0 Å². The first-order valence-corrected chi connectivity index (χ1v) is 8.41. The maximum absolute atomic E-state index is 3.65. The molecule has 2 heteroatoms. The van der Waals surface area contributed by atoms with E-state index in [-0.39, 0.29) is 0 Å². The smallest absolute Gasteiger partial charge is 0.0233 e. The van der Waals surface area contributed by atoms with Crippen LogP contribution in [-0.4, -0.2) is 24.5 Å². The van der Waals surface area contributed by atoms with Crippen LogP contribution in [0.2, 0.25) is 0 Å². The maximum Gasteiger partial charge on any atom is 0.0233 e. The van der Waals surface area contributed by atoms with Crippen molar-refractivity contribution in [1.82, 2.24) is 10.2 Å². The molecular formula is C20H24N2. The summed E-state index contributed by atoms with van der Waals surface area (Å²) in [6, 6.07) is 19.9. The van der Waals surface area contributed by atoms with Crippen molar-refractivity contribution >= 4 is 0 Å². The largest absolute Gasteiger partial charge is 0.312 e. The van der Waals surface area contributed by atoms with E-state index in [9.17, 15) is 0 Å². The summed E-state index contributed by atoms with van der Waals surface area (Å²) in [6.45, 7) is 5.66. The minimum atomic E-state index is 0.363. The molecule has 1 spiro atoms. The molecule has 2 aromatic rings. The van der Waals surface area contributed by atoms with Gasteiger partial charge in [-0.05, 0) is 42.6 Å². The van der Waals surface area contributed by atoms with E-state index < -0.39 is 0 Å². The third kappa shape index (κ3) is 2.57. The van der Waals surface area contributed by atoms with E-state index in [1.165, 1.54) is 37.1 Å². The molecule has 1 N–H and O–H groups in total. The number of benzene rings is 2. The average molecular weight is 292 g/mol. The molecule has 0 atom stereocenters. The molecule has 1 fully saturated rings. The van der Waals surface area contributed by atoms with E-state index in [0.29, 0.717) is 5.41 Å². The highest BCUT2D eigenvalue weighted by Gasteiger charge is 2.39. The number of fused-ring (bicyclic) bond motifs is 2. The van der Waals surface area contributed by atoms with Crippen LogP contribution >= 0.6 is 0 Å². The van der Waals surface area contributed by atoms with Crippen molar-refractivity contribution < 1.29 is 0 Å². The van der Waals surface area contributed by atoms with Crippen molar-refractivity contribution in [3.8, 4) is 0 Å². The monoisotopic (exact) mass is 292 g/mol. The predicted molar refractivity (Wildman–Crippen MR) is 90.8 cm³/mol. The summed E-state index contributed by atoms with van der Waals surface area (Å²) in [6.07, 6.45) is 2.54. The molecule has 2 aliphatic rings. The summed E-state index contributed by atoms with van der Waals surface area (Å²) in [4.78, 5) is 2.61. The summed E-state index contributed by atoms with van der Waals surface area (Å²) >= 11 is 0.